The second-order valence-corrected chi connectivity index (χ2v) is 4.20. The Morgan fingerprint density at radius 3 is 2.50 bits per heavy atom. The number of rotatable bonds is 7. The maximum absolute atomic E-state index is 3.93. The van der Waals surface area contributed by atoms with Crippen LogP contribution >= 0.6 is 0 Å². The Morgan fingerprint density at radius 1 is 1.31 bits per heavy atom. The Kier molecular flexibility index (Phi) is 8.14. The fourth-order valence-corrected chi connectivity index (χ4v) is 1.35. The van der Waals surface area contributed by atoms with Crippen LogP contribution in [0.15, 0.2) is 53.6 Å². The lowest BCUT2D eigenvalue weighted by Crippen LogP contribution is -1.89. The molecule has 0 spiro atoms. The van der Waals surface area contributed by atoms with Gasteiger partial charge in [-0.05, 0) is 24.3 Å². The van der Waals surface area contributed by atoms with E-state index in [1.807, 2.05) is 12.2 Å². The van der Waals surface area contributed by atoms with E-state index in [0.717, 1.165) is 18.4 Å². The van der Waals surface area contributed by atoms with Gasteiger partial charge in [0.2, 0.25) is 0 Å². The van der Waals surface area contributed by atoms with Crippen LogP contribution in [0.4, 0.5) is 0 Å². The van der Waals surface area contributed by atoms with E-state index >= 15 is 0 Å². The zero-order valence-corrected chi connectivity index (χ0v) is 10.7. The van der Waals surface area contributed by atoms with Crippen LogP contribution in [-0.4, -0.2) is 13.3 Å². The molecular formula is C15H23N. The van der Waals surface area contributed by atoms with Gasteiger partial charge in [0.05, 0.1) is 0 Å². The Hall–Kier alpha value is -1.37. The Morgan fingerprint density at radius 2 is 2.00 bits per heavy atom. The van der Waals surface area contributed by atoms with Crippen molar-refractivity contribution in [2.24, 2.45) is 10.9 Å². The van der Waals surface area contributed by atoms with Gasteiger partial charge in [-0.15, -0.1) is 6.58 Å². The first kappa shape index (κ1) is 14.6. The van der Waals surface area contributed by atoms with E-state index in [9.17, 15) is 0 Å². The lowest BCUT2D eigenvalue weighted by Gasteiger charge is -2.05. The van der Waals surface area contributed by atoms with Crippen LogP contribution in [0.25, 0.3) is 0 Å². The van der Waals surface area contributed by atoms with Gasteiger partial charge in [-0.3, -0.25) is 4.99 Å². The highest BCUT2D eigenvalue weighted by Gasteiger charge is 1.97. The van der Waals surface area contributed by atoms with Gasteiger partial charge in [0.25, 0.3) is 0 Å². The molecule has 0 aromatic carbocycles. The molecule has 0 saturated carbocycles. The van der Waals surface area contributed by atoms with Gasteiger partial charge in [0.1, 0.15) is 0 Å². The highest BCUT2D eigenvalue weighted by atomic mass is 14.6. The SMILES string of the molecule is C=CC/C=C(\C=C/C(=C)/C=N\C)CC(C)C. The maximum atomic E-state index is 3.93. The van der Waals surface area contributed by atoms with Gasteiger partial charge in [-0.1, -0.05) is 50.3 Å². The van der Waals surface area contributed by atoms with E-state index in [-0.39, 0.29) is 0 Å². The average Bonchev–Trinajstić information content (AvgIpc) is 2.22. The smallest absolute Gasteiger partial charge is 0.0277 e. The number of hydrogen-bond acceptors (Lipinski definition) is 1. The molecule has 0 saturated heterocycles. The van der Waals surface area contributed by atoms with Gasteiger partial charge >= 0.3 is 0 Å². The van der Waals surface area contributed by atoms with Crippen LogP contribution in [0.2, 0.25) is 0 Å². The molecule has 0 radical (unpaired) electrons. The highest BCUT2D eigenvalue weighted by Crippen LogP contribution is 2.13. The van der Waals surface area contributed by atoms with E-state index in [1.54, 1.807) is 13.3 Å². The van der Waals surface area contributed by atoms with Crippen molar-refractivity contribution in [3.8, 4) is 0 Å². The summed E-state index contributed by atoms with van der Waals surface area (Å²) in [5, 5.41) is 0. The molecule has 0 amide bonds. The minimum absolute atomic E-state index is 0.661. The third kappa shape index (κ3) is 7.98. The van der Waals surface area contributed by atoms with Crippen molar-refractivity contribution >= 4 is 6.21 Å². The first-order valence-corrected chi connectivity index (χ1v) is 5.69. The molecule has 16 heavy (non-hydrogen) atoms. The first-order chi connectivity index (χ1) is 7.60. The maximum Gasteiger partial charge on any atom is 0.0277 e. The molecule has 0 aliphatic heterocycles. The molecule has 0 heterocycles. The summed E-state index contributed by atoms with van der Waals surface area (Å²) in [6.45, 7) is 12.1. The Labute approximate surface area is 100.0 Å². The molecule has 0 atom stereocenters. The number of nitrogens with zero attached hydrogens (tertiary/aromatic N) is 1. The summed E-state index contributed by atoms with van der Waals surface area (Å²) in [5.41, 5.74) is 2.26. The van der Waals surface area contributed by atoms with E-state index in [1.165, 1.54) is 5.57 Å². The summed E-state index contributed by atoms with van der Waals surface area (Å²) in [5.74, 6) is 0.661. The second kappa shape index (κ2) is 8.90. The molecule has 88 valence electrons. The van der Waals surface area contributed by atoms with E-state index in [4.69, 9.17) is 0 Å². The molecule has 0 fully saturated rings. The Bertz CT molecular complexity index is 303. The summed E-state index contributed by atoms with van der Waals surface area (Å²) < 4.78 is 0. The molecular weight excluding hydrogens is 194 g/mol. The van der Waals surface area contributed by atoms with Gasteiger partial charge < -0.3 is 0 Å². The van der Waals surface area contributed by atoms with Crippen molar-refractivity contribution < 1.29 is 0 Å². The Balaban J connectivity index is 4.52. The van der Waals surface area contributed by atoms with E-state index < -0.39 is 0 Å². The molecule has 0 aromatic rings. The minimum Gasteiger partial charge on any atom is -0.296 e. The standard InChI is InChI=1S/C15H23N/c1-6-7-8-15(11-13(2)3)10-9-14(4)12-16-5/h6,8-10,12-13H,1,4,7,11H2,2-3,5H3/b10-9-,15-8+,16-12-. The summed E-state index contributed by atoms with van der Waals surface area (Å²) in [6.07, 6.45) is 12.0. The monoisotopic (exact) mass is 217 g/mol. The predicted octanol–water partition coefficient (Wildman–Crippen LogP) is 4.35. The summed E-state index contributed by atoms with van der Waals surface area (Å²) in [4.78, 5) is 3.93. The molecule has 0 N–H and O–H groups in total. The van der Waals surface area contributed by atoms with Crippen molar-refractivity contribution in [2.75, 3.05) is 7.05 Å². The molecule has 0 rings (SSSR count). The van der Waals surface area contributed by atoms with Crippen molar-refractivity contribution in [1.82, 2.24) is 0 Å². The van der Waals surface area contributed by atoms with Gasteiger partial charge in [0.15, 0.2) is 0 Å². The normalized spacial score (nSPS) is 12.9. The zero-order valence-electron chi connectivity index (χ0n) is 10.7. The zero-order chi connectivity index (χ0) is 12.4. The van der Waals surface area contributed by atoms with Crippen LogP contribution in [-0.2, 0) is 0 Å². The third-order valence-electron chi connectivity index (χ3n) is 2.00. The van der Waals surface area contributed by atoms with Crippen LogP contribution in [0.3, 0.4) is 0 Å². The van der Waals surface area contributed by atoms with Gasteiger partial charge in [-0.2, -0.15) is 0 Å². The molecule has 0 unspecified atom stereocenters. The van der Waals surface area contributed by atoms with Crippen molar-refractivity contribution in [2.45, 2.75) is 26.7 Å². The molecule has 1 nitrogen and oxygen atoms in total. The quantitative estimate of drug-likeness (QED) is 0.341. The molecule has 0 aliphatic carbocycles. The molecule has 0 bridgehead atoms. The van der Waals surface area contributed by atoms with Crippen LogP contribution in [0, 0.1) is 5.92 Å². The summed E-state index contributed by atoms with van der Waals surface area (Å²) in [7, 11) is 1.75. The van der Waals surface area contributed by atoms with E-state index in [2.05, 4.69) is 44.1 Å². The first-order valence-electron chi connectivity index (χ1n) is 5.69. The molecule has 1 heteroatoms. The number of allylic oxidation sites excluding steroid dienone is 6. The van der Waals surface area contributed by atoms with Crippen molar-refractivity contribution in [1.29, 1.82) is 0 Å². The van der Waals surface area contributed by atoms with Crippen molar-refractivity contribution in [3.05, 3.63) is 48.6 Å². The number of hydrogen-bond donors (Lipinski definition) is 0. The van der Waals surface area contributed by atoms with Crippen LogP contribution in [0.1, 0.15) is 26.7 Å². The molecule has 0 aromatic heterocycles. The van der Waals surface area contributed by atoms with Crippen LogP contribution < -0.4 is 0 Å². The highest BCUT2D eigenvalue weighted by molar-refractivity contribution is 5.81. The number of aliphatic imine (C=N–C) groups is 1. The fourth-order valence-electron chi connectivity index (χ4n) is 1.35. The van der Waals surface area contributed by atoms with Gasteiger partial charge in [-0.25, -0.2) is 0 Å². The van der Waals surface area contributed by atoms with Crippen LogP contribution in [0.5, 0.6) is 0 Å². The van der Waals surface area contributed by atoms with Gasteiger partial charge in [0, 0.05) is 13.3 Å². The third-order valence-corrected chi connectivity index (χ3v) is 2.00. The van der Waals surface area contributed by atoms with Crippen molar-refractivity contribution in [3.63, 3.8) is 0 Å². The largest absolute Gasteiger partial charge is 0.296 e. The lowest BCUT2D eigenvalue weighted by molar-refractivity contribution is 0.649. The topological polar surface area (TPSA) is 12.4 Å². The minimum atomic E-state index is 0.661. The summed E-state index contributed by atoms with van der Waals surface area (Å²) >= 11 is 0. The lowest BCUT2D eigenvalue weighted by atomic mass is 10.0. The van der Waals surface area contributed by atoms with E-state index in [0.29, 0.717) is 5.92 Å². The second-order valence-electron chi connectivity index (χ2n) is 4.20. The average molecular weight is 217 g/mol. The summed E-state index contributed by atoms with van der Waals surface area (Å²) in [6, 6.07) is 0. The molecule has 0 aliphatic rings. The fraction of sp³-hybridized carbons (Fsp3) is 0.400. The predicted molar refractivity (Wildman–Crippen MR) is 75.0 cm³/mol.